The normalized spacial score (nSPS) is 10.2. The van der Waals surface area contributed by atoms with E-state index in [0.717, 1.165) is 28.3 Å². The quantitative estimate of drug-likeness (QED) is 0.649. The zero-order valence-electron chi connectivity index (χ0n) is 16.2. The number of benzene rings is 2. The van der Waals surface area contributed by atoms with E-state index in [1.54, 1.807) is 32.5 Å². The second-order valence-corrected chi connectivity index (χ2v) is 6.29. The summed E-state index contributed by atoms with van der Waals surface area (Å²) in [4.78, 5) is 16.7. The molecule has 0 aliphatic rings. The Kier molecular flexibility index (Phi) is 6.11. The van der Waals surface area contributed by atoms with Crippen LogP contribution in [-0.4, -0.2) is 25.1 Å². The zero-order valence-corrected chi connectivity index (χ0v) is 16.2. The van der Waals surface area contributed by atoms with Crippen molar-refractivity contribution in [2.45, 2.75) is 13.5 Å². The van der Waals surface area contributed by atoms with E-state index in [9.17, 15) is 4.79 Å². The number of nitrogens with zero attached hydrogens (tertiary/aromatic N) is 1. The second kappa shape index (κ2) is 8.90. The van der Waals surface area contributed by atoms with Crippen LogP contribution in [0.25, 0.3) is 0 Å². The maximum Gasteiger partial charge on any atom is 0.253 e. The summed E-state index contributed by atoms with van der Waals surface area (Å²) in [6.45, 7) is 2.44. The first-order chi connectivity index (χ1) is 13.6. The van der Waals surface area contributed by atoms with E-state index in [-0.39, 0.29) is 5.91 Å². The Balaban J connectivity index is 1.61. The largest absolute Gasteiger partial charge is 0.497 e. The van der Waals surface area contributed by atoms with Crippen LogP contribution in [0.3, 0.4) is 0 Å². The molecule has 1 heterocycles. The minimum absolute atomic E-state index is 0.178. The van der Waals surface area contributed by atoms with Gasteiger partial charge < -0.3 is 20.1 Å². The first-order valence-electron chi connectivity index (χ1n) is 8.88. The number of anilines is 2. The third-order valence-electron chi connectivity index (χ3n) is 4.26. The third-order valence-corrected chi connectivity index (χ3v) is 4.26. The molecule has 0 aliphatic carbocycles. The summed E-state index contributed by atoms with van der Waals surface area (Å²) in [6.07, 6.45) is 1.55. The molecule has 6 heteroatoms. The molecule has 3 aromatic rings. The monoisotopic (exact) mass is 377 g/mol. The Morgan fingerprint density at radius 1 is 1.00 bits per heavy atom. The summed E-state index contributed by atoms with van der Waals surface area (Å²) in [5, 5.41) is 6.11. The first-order valence-corrected chi connectivity index (χ1v) is 8.88. The van der Waals surface area contributed by atoms with Gasteiger partial charge in [0.25, 0.3) is 5.91 Å². The highest BCUT2D eigenvalue weighted by molar-refractivity contribution is 5.94. The van der Waals surface area contributed by atoms with Gasteiger partial charge in [-0.1, -0.05) is 18.2 Å². The van der Waals surface area contributed by atoms with E-state index in [1.807, 2.05) is 49.4 Å². The predicted octanol–water partition coefficient (Wildman–Crippen LogP) is 4.08. The first kappa shape index (κ1) is 19.2. The number of hydrogen-bond donors (Lipinski definition) is 2. The average molecular weight is 377 g/mol. The maximum atomic E-state index is 12.3. The number of aromatic nitrogens is 1. The molecule has 2 N–H and O–H groups in total. The van der Waals surface area contributed by atoms with Gasteiger partial charge in [0.2, 0.25) is 0 Å². The summed E-state index contributed by atoms with van der Waals surface area (Å²) in [7, 11) is 3.25. The van der Waals surface area contributed by atoms with Crippen LogP contribution < -0.4 is 20.1 Å². The number of amides is 1. The van der Waals surface area contributed by atoms with Crippen molar-refractivity contribution >= 4 is 17.4 Å². The van der Waals surface area contributed by atoms with E-state index in [0.29, 0.717) is 17.9 Å². The van der Waals surface area contributed by atoms with E-state index in [2.05, 4.69) is 15.6 Å². The third kappa shape index (κ3) is 4.79. The van der Waals surface area contributed by atoms with Crippen LogP contribution in [0.1, 0.15) is 21.5 Å². The number of ether oxygens (including phenoxy) is 2. The maximum absolute atomic E-state index is 12.3. The summed E-state index contributed by atoms with van der Waals surface area (Å²) in [5.41, 5.74) is 3.42. The van der Waals surface area contributed by atoms with Gasteiger partial charge in [-0.2, -0.15) is 0 Å². The Bertz CT molecular complexity index is 938. The zero-order chi connectivity index (χ0) is 19.9. The molecule has 0 atom stereocenters. The van der Waals surface area contributed by atoms with Gasteiger partial charge in [0.05, 0.1) is 25.5 Å². The van der Waals surface area contributed by atoms with Crippen LogP contribution in [-0.2, 0) is 6.54 Å². The Labute approximate surface area is 164 Å². The van der Waals surface area contributed by atoms with Gasteiger partial charge in [-0.25, -0.2) is 4.98 Å². The molecule has 1 aromatic heterocycles. The molecule has 2 aromatic carbocycles. The van der Waals surface area contributed by atoms with Crippen molar-refractivity contribution < 1.29 is 14.3 Å². The highest BCUT2D eigenvalue weighted by atomic mass is 16.5. The topological polar surface area (TPSA) is 72.5 Å². The lowest BCUT2D eigenvalue weighted by Crippen LogP contribution is -2.22. The van der Waals surface area contributed by atoms with Crippen molar-refractivity contribution in [1.82, 2.24) is 10.3 Å². The van der Waals surface area contributed by atoms with Crippen LogP contribution in [0.5, 0.6) is 11.5 Å². The molecule has 0 fully saturated rings. The fourth-order valence-corrected chi connectivity index (χ4v) is 2.69. The van der Waals surface area contributed by atoms with Crippen LogP contribution in [0, 0.1) is 6.92 Å². The lowest BCUT2D eigenvalue weighted by Gasteiger charge is -2.12. The standard InChI is InChI=1S/C22H23N3O3/c1-15-4-10-20(28-3)19(12-15)25-21-11-7-17(14-23-21)22(26)24-13-16-5-8-18(27-2)9-6-16/h4-12,14H,13H2,1-3H3,(H,23,25)(H,24,26). The number of pyridine rings is 1. The Morgan fingerprint density at radius 2 is 1.79 bits per heavy atom. The van der Waals surface area contributed by atoms with Crippen molar-refractivity contribution in [3.05, 3.63) is 77.5 Å². The van der Waals surface area contributed by atoms with E-state index >= 15 is 0 Å². The van der Waals surface area contributed by atoms with Crippen LogP contribution >= 0.6 is 0 Å². The van der Waals surface area contributed by atoms with Gasteiger partial charge >= 0.3 is 0 Å². The molecule has 28 heavy (non-hydrogen) atoms. The molecular weight excluding hydrogens is 354 g/mol. The van der Waals surface area contributed by atoms with E-state index in [4.69, 9.17) is 9.47 Å². The number of methoxy groups -OCH3 is 2. The molecule has 0 bridgehead atoms. The van der Waals surface area contributed by atoms with Gasteiger partial charge in [-0.15, -0.1) is 0 Å². The molecule has 0 saturated heterocycles. The highest BCUT2D eigenvalue weighted by Gasteiger charge is 2.08. The minimum Gasteiger partial charge on any atom is -0.497 e. The molecule has 0 aliphatic heterocycles. The Morgan fingerprint density at radius 3 is 2.43 bits per heavy atom. The smallest absolute Gasteiger partial charge is 0.253 e. The molecule has 0 spiro atoms. The fraction of sp³-hybridized carbons (Fsp3) is 0.182. The molecular formula is C22H23N3O3. The number of aryl methyl sites for hydroxylation is 1. The summed E-state index contributed by atoms with van der Waals surface area (Å²) >= 11 is 0. The minimum atomic E-state index is -0.178. The summed E-state index contributed by atoms with van der Waals surface area (Å²) in [5.74, 6) is 1.97. The van der Waals surface area contributed by atoms with Gasteiger partial charge in [-0.3, -0.25) is 4.79 Å². The van der Waals surface area contributed by atoms with E-state index < -0.39 is 0 Å². The average Bonchev–Trinajstić information content (AvgIpc) is 2.73. The lowest BCUT2D eigenvalue weighted by molar-refractivity contribution is 0.0950. The molecule has 3 rings (SSSR count). The Hall–Kier alpha value is -3.54. The molecule has 0 saturated carbocycles. The second-order valence-electron chi connectivity index (χ2n) is 6.29. The number of rotatable bonds is 7. The summed E-state index contributed by atoms with van der Waals surface area (Å²) < 4.78 is 10.5. The van der Waals surface area contributed by atoms with Crippen molar-refractivity contribution in [2.24, 2.45) is 0 Å². The SMILES string of the molecule is COc1ccc(CNC(=O)c2ccc(Nc3cc(C)ccc3OC)nc2)cc1. The molecule has 1 amide bonds. The van der Waals surface area contributed by atoms with E-state index in [1.165, 1.54) is 0 Å². The van der Waals surface area contributed by atoms with Crippen LogP contribution in [0.15, 0.2) is 60.8 Å². The van der Waals surface area contributed by atoms with Gasteiger partial charge in [-0.05, 0) is 54.4 Å². The number of carbonyl (C=O) groups is 1. The van der Waals surface area contributed by atoms with Gasteiger partial charge in [0.15, 0.2) is 0 Å². The lowest BCUT2D eigenvalue weighted by atomic mass is 10.2. The van der Waals surface area contributed by atoms with Crippen molar-refractivity contribution in [2.75, 3.05) is 19.5 Å². The van der Waals surface area contributed by atoms with Gasteiger partial charge in [0, 0.05) is 12.7 Å². The predicted molar refractivity (Wildman–Crippen MR) is 109 cm³/mol. The van der Waals surface area contributed by atoms with Crippen LogP contribution in [0.4, 0.5) is 11.5 Å². The van der Waals surface area contributed by atoms with Crippen molar-refractivity contribution in [1.29, 1.82) is 0 Å². The molecule has 144 valence electrons. The van der Waals surface area contributed by atoms with Crippen molar-refractivity contribution in [3.8, 4) is 11.5 Å². The number of carbonyl (C=O) groups excluding carboxylic acids is 1. The molecule has 6 nitrogen and oxygen atoms in total. The van der Waals surface area contributed by atoms with Gasteiger partial charge in [0.1, 0.15) is 17.3 Å². The number of hydrogen-bond acceptors (Lipinski definition) is 5. The van der Waals surface area contributed by atoms with Crippen LogP contribution in [0.2, 0.25) is 0 Å². The highest BCUT2D eigenvalue weighted by Crippen LogP contribution is 2.27. The molecule has 0 unspecified atom stereocenters. The summed E-state index contributed by atoms with van der Waals surface area (Å²) in [6, 6.07) is 16.9. The number of nitrogens with one attached hydrogen (secondary N) is 2. The molecule has 0 radical (unpaired) electrons. The fourth-order valence-electron chi connectivity index (χ4n) is 2.69. The van der Waals surface area contributed by atoms with Crippen molar-refractivity contribution in [3.63, 3.8) is 0 Å².